The van der Waals surface area contributed by atoms with Crippen molar-refractivity contribution in [3.8, 4) is 0 Å². The largest absolute Gasteiger partial charge is 0.481 e. The maximum absolute atomic E-state index is 12.8. The first-order valence-corrected chi connectivity index (χ1v) is 9.82. The average molecular weight is 363 g/mol. The van der Waals surface area contributed by atoms with Crippen molar-refractivity contribution in [1.82, 2.24) is 4.90 Å². The number of carboxylic acids is 1. The number of fused-ring (bicyclic) bond motifs is 1. The average Bonchev–Trinajstić information content (AvgIpc) is 2.73. The quantitative estimate of drug-likeness (QED) is 0.882. The van der Waals surface area contributed by atoms with Crippen molar-refractivity contribution in [2.75, 3.05) is 13.1 Å². The molecule has 1 aliphatic heterocycles. The van der Waals surface area contributed by atoms with E-state index in [2.05, 4.69) is 48.5 Å². The van der Waals surface area contributed by atoms with Crippen molar-refractivity contribution < 1.29 is 14.7 Å². The Balaban J connectivity index is 1.44. The number of amides is 1. The van der Waals surface area contributed by atoms with E-state index >= 15 is 0 Å². The van der Waals surface area contributed by atoms with Crippen LogP contribution in [0.25, 0.3) is 16.3 Å². The van der Waals surface area contributed by atoms with Crippen LogP contribution in [0.2, 0.25) is 0 Å². The van der Waals surface area contributed by atoms with Gasteiger partial charge in [0, 0.05) is 19.0 Å². The molecule has 1 saturated carbocycles. The highest BCUT2D eigenvalue weighted by Crippen LogP contribution is 2.33. The van der Waals surface area contributed by atoms with Crippen molar-refractivity contribution in [2.45, 2.75) is 32.1 Å². The Morgan fingerprint density at radius 2 is 1.63 bits per heavy atom. The number of rotatable bonds is 3. The van der Waals surface area contributed by atoms with Gasteiger partial charge in [-0.3, -0.25) is 9.59 Å². The van der Waals surface area contributed by atoms with Crippen LogP contribution in [-0.4, -0.2) is 35.0 Å². The van der Waals surface area contributed by atoms with Gasteiger partial charge in [0.1, 0.15) is 0 Å². The number of hydrogen-bond donors (Lipinski definition) is 1. The highest BCUT2D eigenvalue weighted by Gasteiger charge is 2.32. The van der Waals surface area contributed by atoms with E-state index in [1.54, 1.807) is 0 Å². The number of aliphatic carboxylic acids is 1. The molecule has 27 heavy (non-hydrogen) atoms. The number of carboxylic acid groups (broad SMARTS) is 1. The molecule has 1 N–H and O–H groups in total. The molecule has 4 rings (SSSR count). The number of hydrogen-bond acceptors (Lipinski definition) is 2. The monoisotopic (exact) mass is 363 g/mol. The van der Waals surface area contributed by atoms with Gasteiger partial charge in [-0.2, -0.15) is 0 Å². The van der Waals surface area contributed by atoms with E-state index in [1.807, 2.05) is 4.90 Å². The van der Waals surface area contributed by atoms with Crippen molar-refractivity contribution in [3.63, 3.8) is 0 Å². The molecule has 2 aromatic carbocycles. The normalized spacial score (nSPS) is 23.1. The summed E-state index contributed by atoms with van der Waals surface area (Å²) in [4.78, 5) is 25.9. The van der Waals surface area contributed by atoms with Crippen molar-refractivity contribution in [1.29, 1.82) is 0 Å². The topological polar surface area (TPSA) is 57.6 Å². The molecule has 140 valence electrons. The smallest absolute Gasteiger partial charge is 0.306 e. The minimum Gasteiger partial charge on any atom is -0.481 e. The molecule has 0 bridgehead atoms. The van der Waals surface area contributed by atoms with Gasteiger partial charge in [0.05, 0.1) is 5.92 Å². The van der Waals surface area contributed by atoms with Gasteiger partial charge in [0.15, 0.2) is 0 Å². The summed E-state index contributed by atoms with van der Waals surface area (Å²) in [6.07, 6.45) is 5.70. The van der Waals surface area contributed by atoms with Gasteiger partial charge in [-0.05, 0) is 54.0 Å². The predicted molar refractivity (Wildman–Crippen MR) is 106 cm³/mol. The standard InChI is InChI=1S/C23H25NO3/c25-22(18-8-10-19(11-9-18)23(26)27)24-14-12-17(13-15-24)21-7-3-5-16-4-1-2-6-20(16)21/h1-7,12,18-19H,8-11,13-15H2,(H,26,27). The first-order valence-electron chi connectivity index (χ1n) is 9.82. The Hall–Kier alpha value is -2.62. The third-order valence-corrected chi connectivity index (χ3v) is 6.08. The molecule has 0 aromatic heterocycles. The fourth-order valence-electron chi connectivity index (χ4n) is 4.46. The van der Waals surface area contributed by atoms with Crippen molar-refractivity contribution >= 4 is 28.2 Å². The summed E-state index contributed by atoms with van der Waals surface area (Å²) in [5.74, 6) is -0.796. The van der Waals surface area contributed by atoms with Crippen molar-refractivity contribution in [3.05, 3.63) is 54.1 Å². The van der Waals surface area contributed by atoms with Crippen LogP contribution in [-0.2, 0) is 9.59 Å². The van der Waals surface area contributed by atoms with Crippen molar-refractivity contribution in [2.24, 2.45) is 11.8 Å². The number of carbonyl (C=O) groups is 2. The first kappa shape index (κ1) is 17.8. The molecule has 4 heteroatoms. The highest BCUT2D eigenvalue weighted by atomic mass is 16.4. The van der Waals surface area contributed by atoms with Gasteiger partial charge in [-0.15, -0.1) is 0 Å². The summed E-state index contributed by atoms with van der Waals surface area (Å²) < 4.78 is 0. The maximum Gasteiger partial charge on any atom is 0.306 e. The first-order chi connectivity index (χ1) is 13.1. The van der Waals surface area contributed by atoms with Crippen LogP contribution in [0.15, 0.2) is 48.5 Å². The summed E-state index contributed by atoms with van der Waals surface area (Å²) in [6.45, 7) is 1.39. The zero-order valence-corrected chi connectivity index (χ0v) is 15.4. The molecular formula is C23H25NO3. The lowest BCUT2D eigenvalue weighted by Crippen LogP contribution is -2.40. The fourth-order valence-corrected chi connectivity index (χ4v) is 4.46. The van der Waals surface area contributed by atoms with E-state index in [0.717, 1.165) is 13.0 Å². The molecule has 2 aliphatic rings. The number of benzene rings is 2. The molecule has 2 aromatic rings. The van der Waals surface area contributed by atoms with Gasteiger partial charge >= 0.3 is 5.97 Å². The van der Waals surface area contributed by atoms with Gasteiger partial charge in [0.25, 0.3) is 0 Å². The third-order valence-electron chi connectivity index (χ3n) is 6.08. The lowest BCUT2D eigenvalue weighted by molar-refractivity contribution is -0.145. The summed E-state index contributed by atoms with van der Waals surface area (Å²) in [5.41, 5.74) is 2.58. The zero-order valence-electron chi connectivity index (χ0n) is 15.4. The van der Waals surface area contributed by atoms with E-state index in [9.17, 15) is 9.59 Å². The van der Waals surface area contributed by atoms with Crippen LogP contribution >= 0.6 is 0 Å². The molecule has 0 radical (unpaired) electrons. The molecular weight excluding hydrogens is 338 g/mol. The van der Waals surface area contributed by atoms with Gasteiger partial charge in [-0.25, -0.2) is 0 Å². The summed E-state index contributed by atoms with van der Waals surface area (Å²) in [6, 6.07) is 14.8. The highest BCUT2D eigenvalue weighted by molar-refractivity contribution is 5.94. The molecule has 1 fully saturated rings. The summed E-state index contributed by atoms with van der Waals surface area (Å²) >= 11 is 0. The van der Waals surface area contributed by atoms with Crippen LogP contribution in [0, 0.1) is 11.8 Å². The van der Waals surface area contributed by atoms with Crippen LogP contribution < -0.4 is 0 Å². The fraction of sp³-hybridized carbons (Fsp3) is 0.391. The van der Waals surface area contributed by atoms with E-state index in [4.69, 9.17) is 5.11 Å². The lowest BCUT2D eigenvalue weighted by Gasteiger charge is -2.33. The molecule has 1 aliphatic carbocycles. The molecule has 0 saturated heterocycles. The Morgan fingerprint density at radius 3 is 2.33 bits per heavy atom. The predicted octanol–water partition coefficient (Wildman–Crippen LogP) is 4.35. The lowest BCUT2D eigenvalue weighted by atomic mass is 9.81. The van der Waals surface area contributed by atoms with Crippen LogP contribution in [0.1, 0.15) is 37.7 Å². The second kappa shape index (κ2) is 7.55. The van der Waals surface area contributed by atoms with E-state index in [-0.39, 0.29) is 17.7 Å². The minimum absolute atomic E-state index is 0.00638. The zero-order chi connectivity index (χ0) is 18.8. The Bertz CT molecular complexity index is 888. The second-order valence-corrected chi connectivity index (χ2v) is 7.68. The molecule has 1 amide bonds. The Morgan fingerprint density at radius 1 is 0.926 bits per heavy atom. The summed E-state index contributed by atoms with van der Waals surface area (Å²) in [5, 5.41) is 11.6. The second-order valence-electron chi connectivity index (χ2n) is 7.68. The Kier molecular flexibility index (Phi) is 4.97. The third kappa shape index (κ3) is 3.61. The van der Waals surface area contributed by atoms with Gasteiger partial charge < -0.3 is 10.0 Å². The molecule has 4 nitrogen and oxygen atoms in total. The minimum atomic E-state index is -0.721. The van der Waals surface area contributed by atoms with Crippen LogP contribution in [0.4, 0.5) is 0 Å². The van der Waals surface area contributed by atoms with Crippen LogP contribution in [0.5, 0.6) is 0 Å². The molecule has 0 atom stereocenters. The van der Waals surface area contributed by atoms with Gasteiger partial charge in [0.2, 0.25) is 5.91 Å². The van der Waals surface area contributed by atoms with E-state index in [0.29, 0.717) is 32.2 Å². The maximum atomic E-state index is 12.8. The Labute approximate surface area is 159 Å². The summed E-state index contributed by atoms with van der Waals surface area (Å²) in [7, 11) is 0. The van der Waals surface area contributed by atoms with Crippen LogP contribution in [0.3, 0.4) is 0 Å². The van der Waals surface area contributed by atoms with E-state index < -0.39 is 5.97 Å². The molecule has 1 heterocycles. The van der Waals surface area contributed by atoms with Gasteiger partial charge in [-0.1, -0.05) is 48.5 Å². The van der Waals surface area contributed by atoms with E-state index in [1.165, 1.54) is 21.9 Å². The molecule has 0 spiro atoms. The number of nitrogens with zero attached hydrogens (tertiary/aromatic N) is 1. The SMILES string of the molecule is O=C(O)C1CCC(C(=O)N2CC=C(c3cccc4ccccc34)CC2)CC1. The molecule has 0 unspecified atom stereocenters. The number of carbonyl (C=O) groups excluding carboxylic acids is 1.